The molecule has 2 aliphatic rings. The van der Waals surface area contributed by atoms with Gasteiger partial charge in [-0.2, -0.15) is 0 Å². The van der Waals surface area contributed by atoms with Crippen LogP contribution in [0.5, 0.6) is 0 Å². The lowest BCUT2D eigenvalue weighted by Gasteiger charge is -2.37. The van der Waals surface area contributed by atoms with Crippen molar-refractivity contribution >= 4 is 9.39 Å². The van der Waals surface area contributed by atoms with Crippen molar-refractivity contribution in [2.24, 2.45) is 11.8 Å². The molecule has 0 N–H and O–H groups in total. The second kappa shape index (κ2) is 2.88. The van der Waals surface area contributed by atoms with E-state index in [4.69, 9.17) is 0 Å². The molecule has 1 heterocycles. The van der Waals surface area contributed by atoms with E-state index in [2.05, 4.69) is 27.1 Å². The molecule has 0 aromatic carbocycles. The average molecular weight is 169 g/mol. The first kappa shape index (κ1) is 7.76. The molecule has 2 heteroatoms. The molecule has 2 bridgehead atoms. The Kier molecular flexibility index (Phi) is 2.03. The highest BCUT2D eigenvalue weighted by atomic mass is 31.0. The lowest BCUT2D eigenvalue weighted by atomic mass is 9.80. The summed E-state index contributed by atoms with van der Waals surface area (Å²) in [4.78, 5) is 0. The monoisotopic (exact) mass is 169 g/mol. The van der Waals surface area contributed by atoms with Crippen molar-refractivity contribution in [3.63, 3.8) is 0 Å². The normalized spacial score (nSPS) is 38.5. The fourth-order valence-corrected chi connectivity index (χ4v) is 3.05. The maximum atomic E-state index is 2.83. The maximum Gasteiger partial charge on any atom is 0.00795 e. The smallest absolute Gasteiger partial charge is 0.00795 e. The molecule has 1 nitrogen and oxygen atoms in total. The molecule has 1 saturated heterocycles. The van der Waals surface area contributed by atoms with Crippen LogP contribution < -0.4 is 0 Å². The largest absolute Gasteiger partial charge is 0.287 e. The summed E-state index contributed by atoms with van der Waals surface area (Å²) in [7, 11) is 2.83. The Morgan fingerprint density at radius 3 is 3.09 bits per heavy atom. The van der Waals surface area contributed by atoms with Gasteiger partial charge in [0.15, 0.2) is 0 Å². The van der Waals surface area contributed by atoms with Gasteiger partial charge in [0.1, 0.15) is 0 Å². The summed E-state index contributed by atoms with van der Waals surface area (Å²) in [6.07, 6.45) is 5.23. The van der Waals surface area contributed by atoms with Crippen molar-refractivity contribution in [3.8, 4) is 0 Å². The number of nitrogens with zero attached hydrogens (tertiary/aromatic N) is 1. The number of rotatable bonds is 0. The topological polar surface area (TPSA) is 3.24 Å². The summed E-state index contributed by atoms with van der Waals surface area (Å²) in [5.74, 6) is 1.79. The van der Waals surface area contributed by atoms with Gasteiger partial charge in [-0.15, -0.1) is 0 Å². The van der Waals surface area contributed by atoms with Gasteiger partial charge in [0, 0.05) is 13.1 Å². The van der Waals surface area contributed by atoms with Crippen LogP contribution in [0, 0.1) is 11.8 Å². The van der Waals surface area contributed by atoms with E-state index in [9.17, 15) is 0 Å². The number of piperidine rings is 1. The molecule has 1 aliphatic heterocycles. The molecule has 0 aromatic heterocycles. The van der Waals surface area contributed by atoms with E-state index in [0.717, 1.165) is 11.8 Å². The van der Waals surface area contributed by atoms with Gasteiger partial charge < -0.3 is 0 Å². The van der Waals surface area contributed by atoms with Crippen molar-refractivity contribution < 1.29 is 0 Å². The molecule has 11 heavy (non-hydrogen) atoms. The Balaban J connectivity index is 2.13. The summed E-state index contributed by atoms with van der Waals surface area (Å²) in [5.41, 5.74) is 1.62. The summed E-state index contributed by atoms with van der Waals surface area (Å²) >= 11 is 0. The molecule has 3 unspecified atom stereocenters. The Morgan fingerprint density at radius 1 is 1.55 bits per heavy atom. The van der Waals surface area contributed by atoms with Gasteiger partial charge in [-0.25, -0.2) is 0 Å². The Bertz CT molecular complexity index is 188. The molecule has 0 radical (unpaired) electrons. The Labute approximate surface area is 71.1 Å². The van der Waals surface area contributed by atoms with Crippen LogP contribution in [0.15, 0.2) is 11.6 Å². The van der Waals surface area contributed by atoms with Crippen LogP contribution in [0.1, 0.15) is 19.8 Å². The fraction of sp³-hybridized carbons (Fsp3) is 0.778. The minimum Gasteiger partial charge on any atom is -0.287 e. The molecule has 0 saturated carbocycles. The van der Waals surface area contributed by atoms with Crippen LogP contribution >= 0.6 is 9.39 Å². The molecule has 3 atom stereocenters. The third-order valence-electron chi connectivity index (χ3n) is 2.73. The fourth-order valence-electron chi connectivity index (χ4n) is 2.48. The predicted octanol–water partition coefficient (Wildman–Crippen LogP) is 2.06. The average Bonchev–Trinajstić information content (AvgIpc) is 1.82. The molecular weight excluding hydrogens is 153 g/mol. The van der Waals surface area contributed by atoms with E-state index < -0.39 is 0 Å². The zero-order chi connectivity index (χ0) is 7.84. The molecule has 2 rings (SSSR count). The van der Waals surface area contributed by atoms with Crippen LogP contribution in [0.25, 0.3) is 0 Å². The van der Waals surface area contributed by atoms with Crippen LogP contribution in [0.2, 0.25) is 0 Å². The van der Waals surface area contributed by atoms with E-state index in [1.807, 2.05) is 0 Å². The second-order valence-corrected chi connectivity index (χ2v) is 4.76. The number of hydrogen-bond acceptors (Lipinski definition) is 1. The van der Waals surface area contributed by atoms with Gasteiger partial charge in [-0.05, 0) is 31.6 Å². The quantitative estimate of drug-likeness (QED) is 0.396. The molecule has 0 spiro atoms. The first-order valence-corrected chi connectivity index (χ1v) is 4.92. The third kappa shape index (κ3) is 1.65. The zero-order valence-corrected chi connectivity index (χ0v) is 8.24. The summed E-state index contributed by atoms with van der Waals surface area (Å²) in [6.45, 7) is 4.81. The highest BCUT2D eigenvalue weighted by Crippen LogP contribution is 2.34. The molecule has 0 amide bonds. The maximum absolute atomic E-state index is 2.83. The second-order valence-electron chi connectivity index (χ2n) is 4.03. The van der Waals surface area contributed by atoms with E-state index >= 15 is 0 Å². The zero-order valence-electron chi connectivity index (χ0n) is 7.09. The van der Waals surface area contributed by atoms with Crippen molar-refractivity contribution in [1.82, 2.24) is 4.67 Å². The SMILES string of the molecule is CC1=CC2CC(C1)CN(P)C2. The molecule has 1 aliphatic carbocycles. The van der Waals surface area contributed by atoms with Gasteiger partial charge in [-0.3, -0.25) is 4.67 Å². The molecule has 0 aromatic rings. The van der Waals surface area contributed by atoms with Gasteiger partial charge in [0.2, 0.25) is 0 Å². The van der Waals surface area contributed by atoms with Crippen molar-refractivity contribution in [1.29, 1.82) is 0 Å². The van der Waals surface area contributed by atoms with E-state index in [1.54, 1.807) is 5.57 Å². The molecule has 62 valence electrons. The van der Waals surface area contributed by atoms with Crippen LogP contribution in [0.3, 0.4) is 0 Å². The summed E-state index contributed by atoms with van der Waals surface area (Å²) in [6, 6.07) is 0. The highest BCUT2D eigenvalue weighted by Gasteiger charge is 2.27. The van der Waals surface area contributed by atoms with Crippen LogP contribution in [-0.2, 0) is 0 Å². The van der Waals surface area contributed by atoms with E-state index in [0.29, 0.717) is 0 Å². The van der Waals surface area contributed by atoms with Crippen molar-refractivity contribution in [2.75, 3.05) is 13.1 Å². The third-order valence-corrected chi connectivity index (χ3v) is 3.15. The summed E-state index contributed by atoms with van der Waals surface area (Å²) in [5, 5.41) is 0. The van der Waals surface area contributed by atoms with Crippen molar-refractivity contribution in [3.05, 3.63) is 11.6 Å². The molecule has 1 fully saturated rings. The van der Waals surface area contributed by atoms with Gasteiger partial charge >= 0.3 is 0 Å². The Morgan fingerprint density at radius 2 is 2.36 bits per heavy atom. The predicted molar refractivity (Wildman–Crippen MR) is 51.3 cm³/mol. The van der Waals surface area contributed by atoms with Crippen LogP contribution in [-0.4, -0.2) is 17.8 Å². The minimum absolute atomic E-state index is 0.847. The van der Waals surface area contributed by atoms with Gasteiger partial charge in [0.05, 0.1) is 0 Å². The minimum atomic E-state index is 0.847. The lowest BCUT2D eigenvalue weighted by Crippen LogP contribution is -2.36. The number of hydrogen-bond donors (Lipinski definition) is 0. The van der Waals surface area contributed by atoms with Crippen LogP contribution in [0.4, 0.5) is 0 Å². The Hall–Kier alpha value is 0.130. The number of allylic oxidation sites excluding steroid dienone is 1. The van der Waals surface area contributed by atoms with Crippen molar-refractivity contribution in [2.45, 2.75) is 19.8 Å². The first-order chi connectivity index (χ1) is 5.24. The van der Waals surface area contributed by atoms with E-state index in [-0.39, 0.29) is 0 Å². The highest BCUT2D eigenvalue weighted by molar-refractivity contribution is 7.13. The first-order valence-electron chi connectivity index (χ1n) is 4.41. The van der Waals surface area contributed by atoms with Gasteiger partial charge in [0.25, 0.3) is 0 Å². The van der Waals surface area contributed by atoms with E-state index in [1.165, 1.54) is 25.9 Å². The molecular formula is C9H16NP. The summed E-state index contributed by atoms with van der Waals surface area (Å²) < 4.78 is 2.39. The standard InChI is InChI=1S/C9H16NP/c1-7-2-8-4-9(3-7)6-10(11)5-8/h2,8-9H,3-6,11H2,1H3. The number of fused-ring (bicyclic) bond motifs is 2. The van der Waals surface area contributed by atoms with Gasteiger partial charge in [-0.1, -0.05) is 21.0 Å². The lowest BCUT2D eigenvalue weighted by molar-refractivity contribution is 0.225.